The summed E-state index contributed by atoms with van der Waals surface area (Å²) in [4.78, 5) is 9.88. The molecule has 1 unspecified atom stereocenters. The quantitative estimate of drug-likeness (QED) is 0.650. The van der Waals surface area contributed by atoms with Crippen LogP contribution >= 0.6 is 23.2 Å². The molecule has 122 valence electrons. The first-order valence-corrected chi connectivity index (χ1v) is 8.78. The van der Waals surface area contributed by atoms with E-state index in [9.17, 15) is 18.5 Å². The topological polar surface area (TPSA) is 92.6 Å². The van der Waals surface area contributed by atoms with Gasteiger partial charge in [0, 0.05) is 30.2 Å². The Bertz CT molecular complexity index is 696. The summed E-state index contributed by atoms with van der Waals surface area (Å²) >= 11 is 11.7. The number of nitrogens with zero attached hydrogens (tertiary/aromatic N) is 2. The van der Waals surface area contributed by atoms with Crippen LogP contribution in [-0.4, -0.2) is 43.8 Å². The first-order chi connectivity index (χ1) is 10.3. The van der Waals surface area contributed by atoms with Crippen molar-refractivity contribution in [3.8, 4) is 0 Å². The molecule has 0 saturated carbocycles. The van der Waals surface area contributed by atoms with Gasteiger partial charge in [-0.25, -0.2) is 8.42 Å². The SMILES string of the molecule is CNC1CCCN(S(=O)(=O)c2c(Cl)cc(Cl)cc2[N+](=O)[O-])C1. The van der Waals surface area contributed by atoms with E-state index in [1.54, 1.807) is 7.05 Å². The average Bonchev–Trinajstić information content (AvgIpc) is 2.46. The molecule has 0 bridgehead atoms. The smallest absolute Gasteiger partial charge is 0.292 e. The number of sulfonamides is 1. The van der Waals surface area contributed by atoms with Gasteiger partial charge in [-0.1, -0.05) is 23.2 Å². The number of hydrogen-bond acceptors (Lipinski definition) is 5. The molecule has 0 aromatic heterocycles. The monoisotopic (exact) mass is 367 g/mol. The molecular formula is C12H15Cl2N3O4S. The summed E-state index contributed by atoms with van der Waals surface area (Å²) in [6.07, 6.45) is 1.52. The average molecular weight is 368 g/mol. The Morgan fingerprint density at radius 3 is 2.68 bits per heavy atom. The van der Waals surface area contributed by atoms with Crippen LogP contribution in [0, 0.1) is 10.1 Å². The van der Waals surface area contributed by atoms with Crippen molar-refractivity contribution in [2.75, 3.05) is 20.1 Å². The molecule has 1 aliphatic heterocycles. The fourth-order valence-electron chi connectivity index (χ4n) is 2.46. The van der Waals surface area contributed by atoms with Gasteiger partial charge in [0.25, 0.3) is 15.7 Å². The molecule has 1 aromatic carbocycles. The molecular weight excluding hydrogens is 353 g/mol. The van der Waals surface area contributed by atoms with E-state index in [-0.39, 0.29) is 22.6 Å². The minimum absolute atomic E-state index is 0.00802. The molecule has 0 spiro atoms. The number of piperidine rings is 1. The summed E-state index contributed by atoms with van der Waals surface area (Å²) in [5.41, 5.74) is -0.607. The first kappa shape index (κ1) is 17.4. The van der Waals surface area contributed by atoms with Crippen molar-refractivity contribution < 1.29 is 13.3 Å². The molecule has 1 aliphatic rings. The van der Waals surface area contributed by atoms with Gasteiger partial charge in [-0.2, -0.15) is 4.31 Å². The molecule has 1 saturated heterocycles. The van der Waals surface area contributed by atoms with Crippen LogP contribution in [0.2, 0.25) is 10.0 Å². The van der Waals surface area contributed by atoms with Crippen molar-refractivity contribution in [3.63, 3.8) is 0 Å². The van der Waals surface area contributed by atoms with Gasteiger partial charge < -0.3 is 5.32 Å². The van der Waals surface area contributed by atoms with E-state index in [0.717, 1.165) is 12.5 Å². The number of halogens is 2. The molecule has 1 atom stereocenters. The van der Waals surface area contributed by atoms with Crippen molar-refractivity contribution in [2.45, 2.75) is 23.8 Å². The Hall–Kier alpha value is -0.930. The van der Waals surface area contributed by atoms with E-state index in [4.69, 9.17) is 23.2 Å². The van der Waals surface area contributed by atoms with Crippen molar-refractivity contribution in [1.82, 2.24) is 9.62 Å². The van der Waals surface area contributed by atoms with Crippen LogP contribution in [0.5, 0.6) is 0 Å². The van der Waals surface area contributed by atoms with Gasteiger partial charge in [-0.15, -0.1) is 0 Å². The second-order valence-corrected chi connectivity index (χ2v) is 7.70. The minimum atomic E-state index is -4.07. The van der Waals surface area contributed by atoms with Gasteiger partial charge >= 0.3 is 0 Å². The molecule has 7 nitrogen and oxygen atoms in total. The molecule has 22 heavy (non-hydrogen) atoms. The van der Waals surface area contributed by atoms with Crippen LogP contribution < -0.4 is 5.32 Å². The number of likely N-dealkylation sites (N-methyl/N-ethyl adjacent to an activating group) is 1. The van der Waals surface area contributed by atoms with Gasteiger partial charge in [0.2, 0.25) is 0 Å². The predicted molar refractivity (Wildman–Crippen MR) is 84.0 cm³/mol. The maximum Gasteiger partial charge on any atom is 0.292 e. The minimum Gasteiger partial charge on any atom is -0.316 e. The summed E-state index contributed by atoms with van der Waals surface area (Å²) in [5, 5.41) is 14.0. The summed E-state index contributed by atoms with van der Waals surface area (Å²) < 4.78 is 26.8. The van der Waals surface area contributed by atoms with E-state index in [2.05, 4.69) is 5.32 Å². The van der Waals surface area contributed by atoms with Crippen LogP contribution in [0.15, 0.2) is 17.0 Å². The highest BCUT2D eigenvalue weighted by atomic mass is 35.5. The van der Waals surface area contributed by atoms with Crippen molar-refractivity contribution in [2.24, 2.45) is 0 Å². The lowest BCUT2D eigenvalue weighted by Crippen LogP contribution is -2.47. The highest BCUT2D eigenvalue weighted by Gasteiger charge is 2.36. The zero-order chi connectivity index (χ0) is 16.5. The predicted octanol–water partition coefficient (Wildman–Crippen LogP) is 2.27. The summed E-state index contributed by atoms with van der Waals surface area (Å²) in [5.74, 6) is 0. The van der Waals surface area contributed by atoms with Crippen molar-refractivity contribution >= 4 is 38.9 Å². The van der Waals surface area contributed by atoms with Gasteiger partial charge in [-0.05, 0) is 26.0 Å². The summed E-state index contributed by atoms with van der Waals surface area (Å²) in [6, 6.07) is 2.20. The third-order valence-electron chi connectivity index (χ3n) is 3.58. The van der Waals surface area contributed by atoms with E-state index in [1.165, 1.54) is 10.4 Å². The fraction of sp³-hybridized carbons (Fsp3) is 0.500. The standard InChI is InChI=1S/C12H15Cl2N3O4S/c1-15-9-3-2-4-16(7-9)22(20,21)12-10(14)5-8(13)6-11(12)17(18)19/h5-6,9,15H,2-4,7H2,1H3. The van der Waals surface area contributed by atoms with Gasteiger partial charge in [0.15, 0.2) is 4.90 Å². The summed E-state index contributed by atoms with van der Waals surface area (Å²) in [6.45, 7) is 0.547. The third kappa shape index (κ3) is 3.36. The van der Waals surface area contributed by atoms with Crippen LogP contribution in [0.4, 0.5) is 5.69 Å². The first-order valence-electron chi connectivity index (χ1n) is 6.58. The lowest BCUT2D eigenvalue weighted by Gasteiger charge is -2.31. The lowest BCUT2D eigenvalue weighted by molar-refractivity contribution is -0.387. The van der Waals surface area contributed by atoms with Gasteiger partial charge in [0.05, 0.1) is 9.95 Å². The van der Waals surface area contributed by atoms with Gasteiger partial charge in [0.1, 0.15) is 0 Å². The zero-order valence-electron chi connectivity index (χ0n) is 11.8. The van der Waals surface area contributed by atoms with Crippen LogP contribution in [-0.2, 0) is 10.0 Å². The molecule has 2 rings (SSSR count). The molecule has 10 heteroatoms. The van der Waals surface area contributed by atoms with Crippen molar-refractivity contribution in [3.05, 3.63) is 32.3 Å². The Labute approximate surface area is 138 Å². The maximum atomic E-state index is 12.8. The van der Waals surface area contributed by atoms with E-state index in [1.807, 2.05) is 0 Å². The number of nitro groups is 1. The Morgan fingerprint density at radius 1 is 1.41 bits per heavy atom. The second kappa shape index (κ2) is 6.67. The van der Waals surface area contributed by atoms with Crippen LogP contribution in [0.3, 0.4) is 0 Å². The Kier molecular flexibility index (Phi) is 5.29. The largest absolute Gasteiger partial charge is 0.316 e. The van der Waals surface area contributed by atoms with Crippen LogP contribution in [0.25, 0.3) is 0 Å². The molecule has 1 heterocycles. The van der Waals surface area contributed by atoms with Gasteiger partial charge in [-0.3, -0.25) is 10.1 Å². The van der Waals surface area contributed by atoms with Crippen LogP contribution in [0.1, 0.15) is 12.8 Å². The summed E-state index contributed by atoms with van der Waals surface area (Å²) in [7, 11) is -2.32. The molecule has 1 fully saturated rings. The van der Waals surface area contributed by atoms with E-state index < -0.39 is 25.5 Å². The number of nitrogens with one attached hydrogen (secondary N) is 1. The number of nitro benzene ring substituents is 1. The molecule has 0 aliphatic carbocycles. The second-order valence-electron chi connectivity index (χ2n) is 4.98. The number of hydrogen-bond donors (Lipinski definition) is 1. The van der Waals surface area contributed by atoms with E-state index in [0.29, 0.717) is 13.0 Å². The lowest BCUT2D eigenvalue weighted by atomic mass is 10.1. The highest BCUT2D eigenvalue weighted by Crippen LogP contribution is 2.36. The third-order valence-corrected chi connectivity index (χ3v) is 6.16. The maximum absolute atomic E-state index is 12.8. The molecule has 1 aromatic rings. The number of benzene rings is 1. The molecule has 1 N–H and O–H groups in total. The molecule has 0 radical (unpaired) electrons. The zero-order valence-corrected chi connectivity index (χ0v) is 14.1. The van der Waals surface area contributed by atoms with E-state index >= 15 is 0 Å². The highest BCUT2D eigenvalue weighted by molar-refractivity contribution is 7.89. The Morgan fingerprint density at radius 2 is 2.09 bits per heavy atom. The fourth-order valence-corrected chi connectivity index (χ4v) is 4.95. The normalized spacial score (nSPS) is 20.0. The van der Waals surface area contributed by atoms with Crippen molar-refractivity contribution in [1.29, 1.82) is 0 Å². The number of rotatable bonds is 4. The Balaban J connectivity index is 2.52. The molecule has 0 amide bonds.